The van der Waals surface area contributed by atoms with Gasteiger partial charge in [-0.1, -0.05) is 293 Å². The Morgan fingerprint density at radius 1 is 0.315 bits per heavy atom. The normalized spacial score (nSPS) is 14.6. The van der Waals surface area contributed by atoms with Gasteiger partial charge in [0.25, 0.3) is 0 Å². The second-order valence-corrected chi connectivity index (χ2v) is 29.8. The Labute approximate surface area is 543 Å². The molecular formula is C70H136O17P2. The van der Waals surface area contributed by atoms with E-state index in [2.05, 4.69) is 55.4 Å². The van der Waals surface area contributed by atoms with Gasteiger partial charge in [-0.3, -0.25) is 37.3 Å². The summed E-state index contributed by atoms with van der Waals surface area (Å²) in [6.07, 6.45) is 41.8. The summed E-state index contributed by atoms with van der Waals surface area (Å²) >= 11 is 0. The molecule has 0 spiro atoms. The minimum Gasteiger partial charge on any atom is -0.462 e. The van der Waals surface area contributed by atoms with Crippen LogP contribution in [0.3, 0.4) is 0 Å². The number of carbonyl (C=O) groups excluding carboxylic acids is 4. The van der Waals surface area contributed by atoms with Crippen molar-refractivity contribution < 1.29 is 80.2 Å². The van der Waals surface area contributed by atoms with Gasteiger partial charge in [0, 0.05) is 25.7 Å². The minimum atomic E-state index is -4.95. The quantitative estimate of drug-likeness (QED) is 0.0222. The van der Waals surface area contributed by atoms with Crippen LogP contribution in [-0.2, 0) is 65.4 Å². The third-order valence-electron chi connectivity index (χ3n) is 16.4. The van der Waals surface area contributed by atoms with E-state index >= 15 is 0 Å². The fourth-order valence-electron chi connectivity index (χ4n) is 10.5. The first-order valence-corrected chi connectivity index (χ1v) is 39.2. The van der Waals surface area contributed by atoms with E-state index in [-0.39, 0.29) is 25.7 Å². The number of rotatable bonds is 67. The highest BCUT2D eigenvalue weighted by Gasteiger charge is 2.30. The smallest absolute Gasteiger partial charge is 0.462 e. The van der Waals surface area contributed by atoms with Crippen LogP contribution >= 0.6 is 15.6 Å². The van der Waals surface area contributed by atoms with Crippen LogP contribution in [-0.4, -0.2) is 96.7 Å². The van der Waals surface area contributed by atoms with Crippen LogP contribution in [0.5, 0.6) is 0 Å². The Morgan fingerprint density at radius 3 is 0.798 bits per heavy atom. The van der Waals surface area contributed by atoms with E-state index in [1.165, 1.54) is 148 Å². The first kappa shape index (κ1) is 87.1. The van der Waals surface area contributed by atoms with E-state index in [0.29, 0.717) is 31.6 Å². The van der Waals surface area contributed by atoms with Crippen LogP contribution in [0.15, 0.2) is 0 Å². The number of phosphoric acid groups is 2. The van der Waals surface area contributed by atoms with E-state index in [1.54, 1.807) is 0 Å². The first-order valence-electron chi connectivity index (χ1n) is 36.2. The Balaban J connectivity index is 5.23. The maximum absolute atomic E-state index is 13.0. The molecule has 0 aliphatic rings. The summed E-state index contributed by atoms with van der Waals surface area (Å²) in [7, 11) is -9.90. The van der Waals surface area contributed by atoms with Gasteiger partial charge in [-0.2, -0.15) is 0 Å². The van der Waals surface area contributed by atoms with Crippen LogP contribution in [0.1, 0.15) is 344 Å². The number of ether oxygens (including phenoxy) is 4. The molecule has 0 fully saturated rings. The van der Waals surface area contributed by atoms with E-state index in [9.17, 15) is 43.2 Å². The molecule has 0 saturated heterocycles. The molecule has 0 aromatic heterocycles. The predicted molar refractivity (Wildman–Crippen MR) is 358 cm³/mol. The molecule has 17 nitrogen and oxygen atoms in total. The van der Waals surface area contributed by atoms with E-state index in [4.69, 9.17) is 37.0 Å². The molecule has 0 heterocycles. The maximum atomic E-state index is 13.0. The summed E-state index contributed by atoms with van der Waals surface area (Å²) in [6, 6.07) is 0. The lowest BCUT2D eigenvalue weighted by Crippen LogP contribution is -2.30. The lowest BCUT2D eigenvalue weighted by molar-refractivity contribution is -0.161. The van der Waals surface area contributed by atoms with Crippen molar-refractivity contribution in [2.45, 2.75) is 363 Å². The van der Waals surface area contributed by atoms with Gasteiger partial charge in [0.05, 0.1) is 26.4 Å². The number of aliphatic hydroxyl groups is 1. The van der Waals surface area contributed by atoms with Crippen molar-refractivity contribution in [3.63, 3.8) is 0 Å². The van der Waals surface area contributed by atoms with Gasteiger partial charge >= 0.3 is 39.5 Å². The van der Waals surface area contributed by atoms with Crippen LogP contribution in [0.25, 0.3) is 0 Å². The molecule has 0 aliphatic heterocycles. The van der Waals surface area contributed by atoms with Crippen molar-refractivity contribution in [2.75, 3.05) is 39.6 Å². The number of unbranched alkanes of at least 4 members (excludes halogenated alkanes) is 32. The molecule has 0 radical (unpaired) electrons. The lowest BCUT2D eigenvalue weighted by Gasteiger charge is -2.21. The van der Waals surface area contributed by atoms with E-state index in [0.717, 1.165) is 108 Å². The molecule has 528 valence electrons. The fraction of sp³-hybridized carbons (Fsp3) is 0.943. The summed E-state index contributed by atoms with van der Waals surface area (Å²) in [4.78, 5) is 72.5. The lowest BCUT2D eigenvalue weighted by atomic mass is 9.99. The summed E-state index contributed by atoms with van der Waals surface area (Å²) < 4.78 is 68.2. The molecule has 0 aromatic rings. The third kappa shape index (κ3) is 63.2. The molecule has 4 unspecified atom stereocenters. The zero-order valence-corrected chi connectivity index (χ0v) is 59.8. The van der Waals surface area contributed by atoms with Crippen LogP contribution in [0.2, 0.25) is 0 Å². The van der Waals surface area contributed by atoms with Crippen molar-refractivity contribution in [3.8, 4) is 0 Å². The average molecular weight is 1310 g/mol. The molecule has 0 aliphatic carbocycles. The van der Waals surface area contributed by atoms with Gasteiger partial charge in [0.15, 0.2) is 12.2 Å². The van der Waals surface area contributed by atoms with Gasteiger partial charge < -0.3 is 33.8 Å². The molecule has 0 saturated carbocycles. The van der Waals surface area contributed by atoms with Gasteiger partial charge in [-0.25, -0.2) is 9.13 Å². The Morgan fingerprint density at radius 2 is 0.539 bits per heavy atom. The zero-order chi connectivity index (χ0) is 66.1. The van der Waals surface area contributed by atoms with E-state index < -0.39 is 97.5 Å². The van der Waals surface area contributed by atoms with E-state index in [1.807, 2.05) is 0 Å². The second-order valence-electron chi connectivity index (χ2n) is 26.9. The van der Waals surface area contributed by atoms with Gasteiger partial charge in [0.2, 0.25) is 0 Å². The largest absolute Gasteiger partial charge is 0.472 e. The SMILES string of the molecule is CCC(C)CCCCCCCCCCC(=O)O[C@H](COC(=O)CCCCCCCCCCC(C)C)COP(=O)(O)OCC(O)COP(=O)(O)OC[C@@H](COC(=O)CCCCCCCCCCCCCCCC(C)C)OC(=O)CCCCCCCCCC(C)C. The molecule has 0 amide bonds. The van der Waals surface area contributed by atoms with Crippen molar-refractivity contribution in [2.24, 2.45) is 23.7 Å². The van der Waals surface area contributed by atoms with Crippen molar-refractivity contribution >= 4 is 39.5 Å². The fourth-order valence-corrected chi connectivity index (χ4v) is 12.0. The van der Waals surface area contributed by atoms with Crippen molar-refractivity contribution in [1.82, 2.24) is 0 Å². The highest BCUT2D eigenvalue weighted by molar-refractivity contribution is 7.47. The molecular weight excluding hydrogens is 1170 g/mol. The number of carbonyl (C=O) groups is 4. The number of phosphoric ester groups is 2. The topological polar surface area (TPSA) is 237 Å². The van der Waals surface area contributed by atoms with Crippen LogP contribution < -0.4 is 0 Å². The number of hydrogen-bond acceptors (Lipinski definition) is 15. The molecule has 0 aromatic carbocycles. The van der Waals surface area contributed by atoms with Gasteiger partial charge in [-0.05, 0) is 49.4 Å². The predicted octanol–water partition coefficient (Wildman–Crippen LogP) is 19.7. The maximum Gasteiger partial charge on any atom is 0.472 e. The summed E-state index contributed by atoms with van der Waals surface area (Å²) in [5.41, 5.74) is 0. The number of hydrogen-bond donors (Lipinski definition) is 3. The van der Waals surface area contributed by atoms with Crippen molar-refractivity contribution in [1.29, 1.82) is 0 Å². The molecule has 0 bridgehead atoms. The monoisotopic (exact) mass is 1310 g/mol. The summed E-state index contributed by atoms with van der Waals surface area (Å²) in [5.74, 6) is 0.850. The standard InChI is InChI=1S/C70H136O17P2/c1-9-63(8)49-41-33-25-18-20-28-36-44-52-69(74)86-65(56-81-68(73)51-43-35-27-19-17-23-31-39-47-61(4)5)58-84-88(76,77)82-54-64(71)55-83-89(78,79)85-59-66(87-70(75)53-45-37-29-21-24-32-40-48-62(6)7)57-80-67(72)50-42-34-26-16-14-12-10-11-13-15-22-30-38-46-60(2)3/h60-66,71H,9-59H2,1-8H3,(H,76,77)(H,78,79)/t63?,64?,65-,66-/m1/s1. The highest BCUT2D eigenvalue weighted by Crippen LogP contribution is 2.45. The molecule has 3 N–H and O–H groups in total. The van der Waals surface area contributed by atoms with Crippen LogP contribution in [0.4, 0.5) is 0 Å². The second kappa shape index (κ2) is 59.8. The Hall–Kier alpha value is -1.94. The zero-order valence-electron chi connectivity index (χ0n) is 58.1. The Bertz CT molecular complexity index is 1770. The molecule has 6 atom stereocenters. The molecule has 19 heteroatoms. The third-order valence-corrected chi connectivity index (χ3v) is 18.3. The average Bonchev–Trinajstić information content (AvgIpc) is 3.64. The summed E-state index contributed by atoms with van der Waals surface area (Å²) in [5, 5.41) is 10.6. The highest BCUT2D eigenvalue weighted by atomic mass is 31.2. The molecule has 0 rings (SSSR count). The van der Waals surface area contributed by atoms with Gasteiger partial charge in [-0.15, -0.1) is 0 Å². The number of esters is 4. The number of aliphatic hydroxyl groups excluding tert-OH is 1. The van der Waals surface area contributed by atoms with Gasteiger partial charge in [0.1, 0.15) is 19.3 Å². The molecule has 89 heavy (non-hydrogen) atoms. The van der Waals surface area contributed by atoms with Crippen molar-refractivity contribution in [3.05, 3.63) is 0 Å². The summed E-state index contributed by atoms with van der Waals surface area (Å²) in [6.45, 7) is 14.1. The first-order chi connectivity index (χ1) is 42.6. The Kier molecular flexibility index (Phi) is 58.5. The van der Waals surface area contributed by atoms with Crippen LogP contribution in [0, 0.1) is 23.7 Å². The minimum absolute atomic E-state index is 0.103.